The molecular formula is C34H35FN14O11P2S. The maximum Gasteiger partial charge on any atom is 0.330 e. The van der Waals surface area contributed by atoms with Crippen molar-refractivity contribution < 1.29 is 51.0 Å². The van der Waals surface area contributed by atoms with E-state index in [0.717, 1.165) is 6.33 Å². The molecule has 3 aliphatic rings. The summed E-state index contributed by atoms with van der Waals surface area (Å²) in [5.41, 5.74) is 9.29. The van der Waals surface area contributed by atoms with Crippen molar-refractivity contribution in [1.29, 1.82) is 5.26 Å². The summed E-state index contributed by atoms with van der Waals surface area (Å²) in [4.78, 5) is 76.5. The van der Waals surface area contributed by atoms with E-state index in [1.807, 2.05) is 6.07 Å². The Kier molecular flexibility index (Phi) is 13.1. The average molecular weight is 929 g/mol. The van der Waals surface area contributed by atoms with E-state index in [9.17, 15) is 30.1 Å². The number of amides is 2. The number of carbonyl (C=O) groups is 2. The third-order valence-corrected chi connectivity index (χ3v) is 13.0. The molecule has 0 aliphatic carbocycles. The highest BCUT2D eigenvalue weighted by molar-refractivity contribution is 8.07. The highest BCUT2D eigenvalue weighted by atomic mass is 32.5. The van der Waals surface area contributed by atoms with Gasteiger partial charge in [-0.05, 0) is 29.5 Å². The summed E-state index contributed by atoms with van der Waals surface area (Å²) in [6.07, 6.45) is -7.18. The van der Waals surface area contributed by atoms with Crippen molar-refractivity contribution in [1.82, 2.24) is 39.0 Å². The van der Waals surface area contributed by atoms with Crippen molar-refractivity contribution >= 4 is 73.0 Å². The Morgan fingerprint density at radius 2 is 1.84 bits per heavy atom. The number of hydrogen-bond donors (Lipinski definition) is 4. The minimum atomic E-state index is -4.14. The third-order valence-electron chi connectivity index (χ3n) is 9.81. The van der Waals surface area contributed by atoms with E-state index >= 15 is 4.39 Å². The number of aromatic amines is 1. The maximum absolute atomic E-state index is 16.7. The summed E-state index contributed by atoms with van der Waals surface area (Å²) in [6, 6.07) is 9.05. The normalized spacial score (nSPS) is 28.6. The van der Waals surface area contributed by atoms with Gasteiger partial charge in [0.1, 0.15) is 24.6 Å². The van der Waals surface area contributed by atoms with Crippen molar-refractivity contribution in [2.24, 2.45) is 11.0 Å². The summed E-state index contributed by atoms with van der Waals surface area (Å²) in [6.45, 7) is -2.38. The van der Waals surface area contributed by atoms with Gasteiger partial charge in [-0.2, -0.15) is 10.2 Å². The van der Waals surface area contributed by atoms with E-state index in [1.165, 1.54) is 21.8 Å². The van der Waals surface area contributed by atoms with E-state index < -0.39 is 101 Å². The summed E-state index contributed by atoms with van der Waals surface area (Å²) < 4.78 is 61.6. The lowest BCUT2D eigenvalue weighted by atomic mass is 10.1. The van der Waals surface area contributed by atoms with Crippen molar-refractivity contribution in [2.75, 3.05) is 30.5 Å². The number of ether oxygens (including phenoxy) is 2. The van der Waals surface area contributed by atoms with Gasteiger partial charge in [0.05, 0.1) is 57.1 Å². The first-order chi connectivity index (χ1) is 30.4. The molecule has 29 heteroatoms. The number of anilines is 2. The number of imidazole rings is 2. The molecule has 3 fully saturated rings. The Morgan fingerprint density at radius 1 is 1.11 bits per heavy atom. The first kappa shape index (κ1) is 44.2. The molecule has 2 unspecified atom stereocenters. The number of azide groups is 1. The van der Waals surface area contributed by atoms with Crippen molar-refractivity contribution in [3.8, 4) is 6.07 Å². The Hall–Kier alpha value is -5.45. The Balaban J connectivity index is 1.13. The number of hydrogen-bond acceptors (Lipinski definition) is 19. The molecule has 8 rings (SSSR count). The molecule has 5 aromatic rings. The largest absolute Gasteiger partial charge is 0.349 e. The lowest BCUT2D eigenvalue weighted by Gasteiger charge is -2.29. The lowest BCUT2D eigenvalue weighted by Crippen LogP contribution is -2.35. The molecular weight excluding hydrogens is 893 g/mol. The summed E-state index contributed by atoms with van der Waals surface area (Å²) >= 11 is 5.80. The first-order valence-corrected chi connectivity index (χ1v) is 22.6. The van der Waals surface area contributed by atoms with Crippen LogP contribution in [0.3, 0.4) is 0 Å². The Labute approximate surface area is 360 Å². The molecule has 0 radical (unpaired) electrons. The van der Waals surface area contributed by atoms with E-state index in [-0.39, 0.29) is 47.1 Å². The molecule has 25 nitrogen and oxygen atoms in total. The van der Waals surface area contributed by atoms with Gasteiger partial charge in [0.15, 0.2) is 46.8 Å². The molecule has 7 heterocycles. The second-order valence-electron chi connectivity index (χ2n) is 14.2. The Morgan fingerprint density at radius 3 is 2.59 bits per heavy atom. The van der Waals surface area contributed by atoms with Gasteiger partial charge < -0.3 is 37.8 Å². The predicted octanol–water partition coefficient (Wildman–Crippen LogP) is 3.81. The SMILES string of the molecule is CC(C)C(=O)Nc1nc2c(ncn2[C@@H]2O[C@@H]3COP(O)O[C@@H]4[C@H](N=[N+]=[N-])[C@@H](COP(=S)(OCCC#N)O[C@@H]2[C@@H]3F)O[C@H]4n2cnc3c(NC(=O)c4ccccc4)ncnc32)c(=O)[nH]1. The average Bonchev–Trinajstić information content (AvgIpc) is 4.04. The minimum absolute atomic E-state index is 0.0618. The van der Waals surface area contributed by atoms with E-state index in [4.69, 9.17) is 43.9 Å². The van der Waals surface area contributed by atoms with Crippen LogP contribution in [0.1, 0.15) is 43.1 Å². The topological polar surface area (TPSA) is 323 Å². The smallest absolute Gasteiger partial charge is 0.330 e. The Bertz CT molecular complexity index is 2720. The number of alkyl halides is 1. The van der Waals surface area contributed by atoms with Crippen LogP contribution < -0.4 is 16.2 Å². The number of nitrogens with zero attached hydrogens (tertiary/aromatic N) is 11. The van der Waals surface area contributed by atoms with Gasteiger partial charge in [-0.25, -0.2) is 24.3 Å². The number of benzene rings is 1. The van der Waals surface area contributed by atoms with Crippen LogP contribution in [0.15, 0.2) is 59.2 Å². The molecule has 0 spiro atoms. The van der Waals surface area contributed by atoms with Crippen LogP contribution in [-0.2, 0) is 48.7 Å². The maximum atomic E-state index is 16.7. The monoisotopic (exact) mass is 928 g/mol. The second kappa shape index (κ2) is 18.7. The number of nitrogens with one attached hydrogen (secondary N) is 3. The van der Waals surface area contributed by atoms with E-state index in [0.29, 0.717) is 5.56 Å². The summed E-state index contributed by atoms with van der Waals surface area (Å²) in [7, 11) is -2.92. The molecule has 10 atom stereocenters. The number of nitriles is 1. The van der Waals surface area contributed by atoms with E-state index in [1.54, 1.807) is 44.2 Å². The zero-order valence-electron chi connectivity index (χ0n) is 32.8. The van der Waals surface area contributed by atoms with E-state index in [2.05, 4.69) is 50.6 Å². The molecule has 330 valence electrons. The molecule has 2 amide bonds. The second-order valence-corrected chi connectivity index (χ2v) is 18.1. The van der Waals surface area contributed by atoms with Crippen molar-refractivity contribution in [3.63, 3.8) is 0 Å². The van der Waals surface area contributed by atoms with Crippen LogP contribution in [0, 0.1) is 17.2 Å². The number of carbonyl (C=O) groups excluding carboxylic acids is 2. The van der Waals surface area contributed by atoms with Crippen molar-refractivity contribution in [2.45, 2.75) is 69.4 Å². The minimum Gasteiger partial charge on any atom is -0.349 e. The number of H-pyrrole nitrogens is 1. The van der Waals surface area contributed by atoms with Crippen molar-refractivity contribution in [3.05, 3.63) is 75.7 Å². The molecule has 3 saturated heterocycles. The highest BCUT2D eigenvalue weighted by Gasteiger charge is 2.53. The van der Waals surface area contributed by atoms with Crippen LogP contribution in [-0.4, -0.2) is 112 Å². The summed E-state index contributed by atoms with van der Waals surface area (Å²) in [5, 5.41) is 18.4. The molecule has 4 N–H and O–H groups in total. The fourth-order valence-corrected chi connectivity index (χ4v) is 9.61. The summed E-state index contributed by atoms with van der Waals surface area (Å²) in [5.74, 6) is -1.54. The van der Waals surface area contributed by atoms with Gasteiger partial charge in [0.2, 0.25) is 11.9 Å². The van der Waals surface area contributed by atoms with Crippen LogP contribution in [0.25, 0.3) is 32.8 Å². The van der Waals surface area contributed by atoms with Gasteiger partial charge in [-0.1, -0.05) is 37.2 Å². The predicted molar refractivity (Wildman–Crippen MR) is 218 cm³/mol. The van der Waals surface area contributed by atoms with Gasteiger partial charge >= 0.3 is 15.3 Å². The van der Waals surface area contributed by atoms with Crippen LogP contribution in [0.2, 0.25) is 0 Å². The zero-order chi connectivity index (χ0) is 44.4. The molecule has 4 aromatic heterocycles. The number of rotatable bonds is 10. The van der Waals surface area contributed by atoms with Crippen LogP contribution >= 0.6 is 15.3 Å². The standard InChI is InChI=1S/C34H35FN14O11P2S/c1-16(2)29(50)44-34-43-28-23(31(52)45-34)41-15-49(28)32-24-20(35)18(57-32)11-54-61(53)59-25-21(46-47-37)19(12-56-62(63,60-24)55-10-6-9-36)58-33(25)48-14-40-22-26(38-13-39-27(22)48)42-30(51)17-7-4-3-5-8-17/h3-5,7-8,13-16,18-21,24-25,32-33,53H,6,10-12H2,1-2H3,(H,38,39,42,51)(H2,43,44,45,50,52)/t18-,19-,20-,21-,24-,25-,32-,33-,61?,62?/m1/s1. The third kappa shape index (κ3) is 9.16. The molecule has 1 aromatic carbocycles. The lowest BCUT2D eigenvalue weighted by molar-refractivity contribution is -0.118. The van der Waals surface area contributed by atoms with Gasteiger partial charge in [-0.3, -0.25) is 38.3 Å². The fraction of sp³-hybridized carbons (Fsp3) is 0.441. The van der Waals surface area contributed by atoms with Gasteiger partial charge in [-0.15, -0.1) is 0 Å². The molecule has 63 heavy (non-hydrogen) atoms. The fourth-order valence-electron chi connectivity index (χ4n) is 6.78. The highest BCUT2D eigenvalue weighted by Crippen LogP contribution is 2.56. The number of halogens is 1. The van der Waals surface area contributed by atoms with Crippen LogP contribution in [0.4, 0.5) is 16.2 Å². The molecule has 4 bridgehead atoms. The first-order valence-electron chi connectivity index (χ1n) is 18.9. The van der Waals surface area contributed by atoms with Crippen LogP contribution in [0.5, 0.6) is 0 Å². The number of aromatic nitrogens is 8. The quantitative estimate of drug-likeness (QED) is 0.0508. The van der Waals surface area contributed by atoms with Gasteiger partial charge in [0.25, 0.3) is 11.5 Å². The van der Waals surface area contributed by atoms with Gasteiger partial charge in [0, 0.05) is 16.4 Å². The number of fused-ring (bicyclic) bond motifs is 6. The molecule has 0 saturated carbocycles. The zero-order valence-corrected chi connectivity index (χ0v) is 35.4. The molecule has 3 aliphatic heterocycles.